The maximum atomic E-state index is 12.3. The number of benzene rings is 1. The van der Waals surface area contributed by atoms with Crippen LogP contribution in [0.15, 0.2) is 24.3 Å². The fourth-order valence-corrected chi connectivity index (χ4v) is 2.01. The predicted molar refractivity (Wildman–Crippen MR) is 81.5 cm³/mol. The Morgan fingerprint density at radius 3 is 2.57 bits per heavy atom. The van der Waals surface area contributed by atoms with Crippen LogP contribution in [-0.2, 0) is 4.79 Å². The molecule has 5 heteroatoms. The number of amides is 1. The van der Waals surface area contributed by atoms with Crippen molar-refractivity contribution >= 4 is 18.0 Å². The molecule has 0 heterocycles. The maximum absolute atomic E-state index is 12.3. The number of hydrogen-bond donors (Lipinski definition) is 1. The van der Waals surface area contributed by atoms with Crippen LogP contribution in [0.5, 0.6) is 5.75 Å². The molecule has 0 aromatic heterocycles. The zero-order valence-electron chi connectivity index (χ0n) is 12.8. The van der Waals surface area contributed by atoms with E-state index >= 15 is 0 Å². The molecule has 0 atom stereocenters. The van der Waals surface area contributed by atoms with Crippen molar-refractivity contribution in [2.45, 2.75) is 13.8 Å². The molecule has 1 aromatic carbocycles. The van der Waals surface area contributed by atoms with Crippen LogP contribution in [0.2, 0.25) is 0 Å². The van der Waals surface area contributed by atoms with Gasteiger partial charge in [-0.1, -0.05) is 13.8 Å². The first-order valence-electron chi connectivity index (χ1n) is 6.69. The number of carbonyl (C=O) groups excluding carboxylic acids is 1. The van der Waals surface area contributed by atoms with Gasteiger partial charge < -0.3 is 14.7 Å². The Labute approximate surface area is 124 Å². The van der Waals surface area contributed by atoms with E-state index in [1.807, 2.05) is 13.8 Å². The van der Waals surface area contributed by atoms with E-state index < -0.39 is 5.97 Å². The Bertz CT molecular complexity index is 549. The molecule has 0 aliphatic heterocycles. The SMILES string of the molecule is COc1ccc(C(=O)N(C)CC(C)C)cc1C=CC(=O)O. The van der Waals surface area contributed by atoms with Crippen LogP contribution >= 0.6 is 0 Å². The van der Waals surface area contributed by atoms with Crippen LogP contribution in [0.3, 0.4) is 0 Å². The van der Waals surface area contributed by atoms with Gasteiger partial charge in [-0.15, -0.1) is 0 Å². The molecule has 1 amide bonds. The third-order valence-electron chi connectivity index (χ3n) is 2.87. The fraction of sp³-hybridized carbons (Fsp3) is 0.375. The first kappa shape index (κ1) is 16.8. The van der Waals surface area contributed by atoms with E-state index in [4.69, 9.17) is 9.84 Å². The van der Waals surface area contributed by atoms with Crippen LogP contribution in [0, 0.1) is 5.92 Å². The van der Waals surface area contributed by atoms with Gasteiger partial charge in [0.25, 0.3) is 5.91 Å². The van der Waals surface area contributed by atoms with E-state index in [1.54, 1.807) is 30.1 Å². The molecule has 0 saturated heterocycles. The van der Waals surface area contributed by atoms with Crippen LogP contribution in [0.25, 0.3) is 6.08 Å². The summed E-state index contributed by atoms with van der Waals surface area (Å²) in [6, 6.07) is 4.98. The molecule has 0 unspecified atom stereocenters. The quantitative estimate of drug-likeness (QED) is 0.818. The summed E-state index contributed by atoms with van der Waals surface area (Å²) in [4.78, 5) is 24.6. The van der Waals surface area contributed by atoms with Crippen LogP contribution in [0.4, 0.5) is 0 Å². The number of methoxy groups -OCH3 is 1. The molecular formula is C16H21NO4. The number of nitrogens with zero attached hydrogens (tertiary/aromatic N) is 1. The summed E-state index contributed by atoms with van der Waals surface area (Å²) in [5, 5.41) is 8.70. The highest BCUT2D eigenvalue weighted by Gasteiger charge is 2.14. The summed E-state index contributed by atoms with van der Waals surface area (Å²) in [5.74, 6) is -0.249. The molecule has 0 aliphatic carbocycles. The Balaban J connectivity index is 3.07. The Kier molecular flexibility index (Phi) is 5.96. The summed E-state index contributed by atoms with van der Waals surface area (Å²) in [6.07, 6.45) is 2.43. The lowest BCUT2D eigenvalue weighted by molar-refractivity contribution is -0.131. The van der Waals surface area contributed by atoms with Gasteiger partial charge in [-0.3, -0.25) is 4.79 Å². The largest absolute Gasteiger partial charge is 0.496 e. The molecule has 5 nitrogen and oxygen atoms in total. The normalized spacial score (nSPS) is 10.9. The number of carboxylic acid groups (broad SMARTS) is 1. The van der Waals surface area contributed by atoms with E-state index in [0.29, 0.717) is 29.3 Å². The molecule has 0 aliphatic rings. The molecule has 0 spiro atoms. The van der Waals surface area contributed by atoms with Gasteiger partial charge in [0.05, 0.1) is 7.11 Å². The van der Waals surface area contributed by atoms with Crippen molar-refractivity contribution in [3.8, 4) is 5.75 Å². The number of carbonyl (C=O) groups is 2. The third kappa shape index (κ3) is 4.95. The van der Waals surface area contributed by atoms with Gasteiger partial charge in [-0.25, -0.2) is 4.79 Å². The van der Waals surface area contributed by atoms with E-state index in [2.05, 4.69) is 0 Å². The van der Waals surface area contributed by atoms with E-state index in [0.717, 1.165) is 6.08 Å². The van der Waals surface area contributed by atoms with Gasteiger partial charge in [0, 0.05) is 30.8 Å². The van der Waals surface area contributed by atoms with Crippen LogP contribution < -0.4 is 4.74 Å². The maximum Gasteiger partial charge on any atom is 0.328 e. The summed E-state index contributed by atoms with van der Waals surface area (Å²) in [5.41, 5.74) is 1.06. The molecule has 0 fully saturated rings. The van der Waals surface area contributed by atoms with Gasteiger partial charge in [0.2, 0.25) is 0 Å². The zero-order valence-corrected chi connectivity index (χ0v) is 12.8. The number of aliphatic carboxylic acids is 1. The van der Waals surface area contributed by atoms with E-state index in [1.165, 1.54) is 13.2 Å². The van der Waals surface area contributed by atoms with Gasteiger partial charge in [-0.2, -0.15) is 0 Å². The van der Waals surface area contributed by atoms with Gasteiger partial charge in [0.15, 0.2) is 0 Å². The molecule has 1 rings (SSSR count). The van der Waals surface area contributed by atoms with Gasteiger partial charge >= 0.3 is 5.97 Å². The number of hydrogen-bond acceptors (Lipinski definition) is 3. The van der Waals surface area contributed by atoms with Crippen molar-refractivity contribution in [1.29, 1.82) is 0 Å². The van der Waals surface area contributed by atoms with Crippen molar-refractivity contribution in [3.05, 3.63) is 35.4 Å². The predicted octanol–water partition coefficient (Wildman–Crippen LogP) is 2.52. The number of ether oxygens (including phenoxy) is 1. The second kappa shape index (κ2) is 7.47. The van der Waals surface area contributed by atoms with E-state index in [-0.39, 0.29) is 5.91 Å². The third-order valence-corrected chi connectivity index (χ3v) is 2.87. The lowest BCUT2D eigenvalue weighted by Gasteiger charge is -2.20. The summed E-state index contributed by atoms with van der Waals surface area (Å²) < 4.78 is 5.17. The molecule has 114 valence electrons. The Morgan fingerprint density at radius 2 is 2.05 bits per heavy atom. The molecule has 21 heavy (non-hydrogen) atoms. The molecule has 0 radical (unpaired) electrons. The minimum Gasteiger partial charge on any atom is -0.496 e. The standard InChI is InChI=1S/C16H21NO4/c1-11(2)10-17(3)16(20)13-5-7-14(21-4)12(9-13)6-8-15(18)19/h5-9,11H,10H2,1-4H3,(H,18,19). The van der Waals surface area contributed by atoms with E-state index in [9.17, 15) is 9.59 Å². The molecular weight excluding hydrogens is 270 g/mol. The average Bonchev–Trinajstić information content (AvgIpc) is 2.43. The van der Waals surface area contributed by atoms with Crippen molar-refractivity contribution < 1.29 is 19.4 Å². The highest BCUT2D eigenvalue weighted by molar-refractivity contribution is 5.95. The van der Waals surface area contributed by atoms with Crippen molar-refractivity contribution in [3.63, 3.8) is 0 Å². The molecule has 1 aromatic rings. The molecule has 0 bridgehead atoms. The monoisotopic (exact) mass is 291 g/mol. The van der Waals surface area contributed by atoms with Crippen molar-refractivity contribution in [1.82, 2.24) is 4.90 Å². The summed E-state index contributed by atoms with van der Waals surface area (Å²) >= 11 is 0. The minimum atomic E-state index is -1.05. The van der Waals surface area contributed by atoms with Crippen molar-refractivity contribution in [2.75, 3.05) is 20.7 Å². The first-order valence-corrected chi connectivity index (χ1v) is 6.69. The summed E-state index contributed by atoms with van der Waals surface area (Å²) in [7, 11) is 3.25. The molecule has 0 saturated carbocycles. The topological polar surface area (TPSA) is 66.8 Å². The lowest BCUT2D eigenvalue weighted by Crippen LogP contribution is -2.30. The second-order valence-corrected chi connectivity index (χ2v) is 5.21. The number of rotatable bonds is 6. The van der Waals surface area contributed by atoms with Gasteiger partial charge in [-0.05, 0) is 30.2 Å². The Hall–Kier alpha value is -2.30. The Morgan fingerprint density at radius 1 is 1.38 bits per heavy atom. The first-order chi connectivity index (χ1) is 9.85. The zero-order chi connectivity index (χ0) is 16.0. The van der Waals surface area contributed by atoms with Gasteiger partial charge in [0.1, 0.15) is 5.75 Å². The second-order valence-electron chi connectivity index (χ2n) is 5.21. The smallest absolute Gasteiger partial charge is 0.328 e. The molecule has 1 N–H and O–H groups in total. The lowest BCUT2D eigenvalue weighted by atomic mass is 10.1. The average molecular weight is 291 g/mol. The highest BCUT2D eigenvalue weighted by atomic mass is 16.5. The fourth-order valence-electron chi connectivity index (χ4n) is 2.01. The summed E-state index contributed by atoms with van der Waals surface area (Å²) in [6.45, 7) is 4.74. The highest BCUT2D eigenvalue weighted by Crippen LogP contribution is 2.22. The van der Waals surface area contributed by atoms with Crippen LogP contribution in [0.1, 0.15) is 29.8 Å². The van der Waals surface area contributed by atoms with Crippen LogP contribution in [-0.4, -0.2) is 42.6 Å². The number of carboxylic acids is 1. The minimum absolute atomic E-state index is 0.101. The van der Waals surface area contributed by atoms with Crippen molar-refractivity contribution in [2.24, 2.45) is 5.92 Å².